The van der Waals surface area contributed by atoms with Gasteiger partial charge in [0.25, 0.3) is 0 Å². The lowest BCUT2D eigenvalue weighted by atomic mass is 10.4. The Morgan fingerprint density at radius 1 is 1.28 bits per heavy atom. The molecule has 2 heterocycles. The minimum Gasteiger partial charge on any atom is -0.461 e. The predicted molar refractivity (Wildman–Crippen MR) is 67.7 cm³/mol. The molecule has 0 saturated carbocycles. The summed E-state index contributed by atoms with van der Waals surface area (Å²) in [6, 6.07) is 0.181. The van der Waals surface area contributed by atoms with Gasteiger partial charge >= 0.3 is 6.01 Å². The van der Waals surface area contributed by atoms with Crippen LogP contribution in [0.3, 0.4) is 0 Å². The quantitative estimate of drug-likeness (QED) is 0.893. The maximum atomic E-state index is 5.63. The molecule has 0 fully saturated rings. The fourth-order valence-electron chi connectivity index (χ4n) is 1.31. The molecular weight excluding hydrogens is 302 g/mol. The Hall–Kier alpha value is -1.77. The third-order valence-corrected chi connectivity index (χ3v) is 2.50. The molecule has 0 aliphatic heterocycles. The lowest BCUT2D eigenvalue weighted by Gasteiger charge is -2.09. The molecular formula is C9H12BrN7O. The molecule has 9 heteroatoms. The van der Waals surface area contributed by atoms with Crippen molar-refractivity contribution >= 4 is 21.9 Å². The number of hydrogen-bond donors (Lipinski definition) is 1. The van der Waals surface area contributed by atoms with E-state index in [2.05, 4.69) is 41.2 Å². The van der Waals surface area contributed by atoms with E-state index in [-0.39, 0.29) is 18.1 Å². The molecule has 0 spiro atoms. The number of rotatable bonds is 3. The number of nitrogens with zero attached hydrogens (tertiary/aromatic N) is 6. The van der Waals surface area contributed by atoms with Gasteiger partial charge in [-0.05, 0) is 29.8 Å². The Kier molecular flexibility index (Phi) is 3.41. The average molecular weight is 314 g/mol. The SMILES string of the molecule is CC(C)Oc1nc(N)nc(-c2c(Br)nnn2C)n1. The van der Waals surface area contributed by atoms with E-state index >= 15 is 0 Å². The molecule has 0 aromatic carbocycles. The van der Waals surface area contributed by atoms with E-state index in [1.807, 2.05) is 13.8 Å². The monoisotopic (exact) mass is 313 g/mol. The van der Waals surface area contributed by atoms with Crippen LogP contribution in [0.1, 0.15) is 13.8 Å². The number of halogens is 1. The van der Waals surface area contributed by atoms with Gasteiger partial charge in [-0.2, -0.15) is 15.0 Å². The van der Waals surface area contributed by atoms with Gasteiger partial charge in [0.15, 0.2) is 10.4 Å². The van der Waals surface area contributed by atoms with Gasteiger partial charge in [-0.15, -0.1) is 5.10 Å². The van der Waals surface area contributed by atoms with Gasteiger partial charge in [0, 0.05) is 7.05 Å². The topological polar surface area (TPSA) is 105 Å². The molecule has 0 bridgehead atoms. The Morgan fingerprint density at radius 2 is 2.00 bits per heavy atom. The summed E-state index contributed by atoms with van der Waals surface area (Å²) in [5.74, 6) is 0.446. The van der Waals surface area contributed by atoms with E-state index in [4.69, 9.17) is 10.5 Å². The smallest absolute Gasteiger partial charge is 0.322 e. The normalized spacial score (nSPS) is 10.9. The summed E-state index contributed by atoms with van der Waals surface area (Å²) in [7, 11) is 1.73. The Labute approximate surface area is 112 Å². The number of aryl methyl sites for hydroxylation is 1. The molecule has 0 unspecified atom stereocenters. The first kappa shape index (κ1) is 12.7. The third-order valence-electron chi connectivity index (χ3n) is 1.97. The molecule has 0 aliphatic carbocycles. The van der Waals surface area contributed by atoms with Gasteiger partial charge in [0.05, 0.1) is 6.10 Å². The van der Waals surface area contributed by atoms with Gasteiger partial charge in [-0.25, -0.2) is 4.68 Å². The van der Waals surface area contributed by atoms with Crippen molar-refractivity contribution in [3.63, 3.8) is 0 Å². The summed E-state index contributed by atoms with van der Waals surface area (Å²) in [6.45, 7) is 3.75. The van der Waals surface area contributed by atoms with Crippen molar-refractivity contribution < 1.29 is 4.74 Å². The van der Waals surface area contributed by atoms with Crippen LogP contribution >= 0.6 is 15.9 Å². The van der Waals surface area contributed by atoms with Crippen LogP contribution in [0.25, 0.3) is 11.5 Å². The van der Waals surface area contributed by atoms with E-state index in [1.165, 1.54) is 4.68 Å². The minimum absolute atomic E-state index is 0.0484. The number of ether oxygens (including phenoxy) is 1. The van der Waals surface area contributed by atoms with E-state index in [1.54, 1.807) is 7.05 Å². The summed E-state index contributed by atoms with van der Waals surface area (Å²) < 4.78 is 7.48. The molecule has 18 heavy (non-hydrogen) atoms. The molecule has 2 N–H and O–H groups in total. The van der Waals surface area contributed by atoms with Gasteiger partial charge in [-0.3, -0.25) is 0 Å². The second-order valence-corrected chi connectivity index (χ2v) is 4.57. The van der Waals surface area contributed by atoms with Crippen LogP contribution in [0.15, 0.2) is 4.60 Å². The second kappa shape index (κ2) is 4.84. The van der Waals surface area contributed by atoms with Crippen molar-refractivity contribution in [3.8, 4) is 17.5 Å². The van der Waals surface area contributed by atoms with Crippen molar-refractivity contribution in [3.05, 3.63) is 4.60 Å². The number of nitrogen functional groups attached to an aromatic ring is 1. The molecule has 0 radical (unpaired) electrons. The maximum Gasteiger partial charge on any atom is 0.322 e. The molecule has 96 valence electrons. The predicted octanol–water partition coefficient (Wildman–Crippen LogP) is 0.799. The zero-order chi connectivity index (χ0) is 13.3. The van der Waals surface area contributed by atoms with Crippen molar-refractivity contribution in [2.45, 2.75) is 20.0 Å². The Balaban J connectivity index is 2.48. The zero-order valence-electron chi connectivity index (χ0n) is 10.1. The third kappa shape index (κ3) is 2.55. The van der Waals surface area contributed by atoms with Crippen LogP contribution < -0.4 is 10.5 Å². The Morgan fingerprint density at radius 3 is 2.56 bits per heavy atom. The minimum atomic E-state index is -0.0484. The van der Waals surface area contributed by atoms with E-state index < -0.39 is 0 Å². The highest BCUT2D eigenvalue weighted by atomic mass is 79.9. The van der Waals surface area contributed by atoms with Gasteiger partial charge in [0.1, 0.15) is 5.69 Å². The molecule has 0 aliphatic rings. The highest BCUT2D eigenvalue weighted by Gasteiger charge is 2.16. The van der Waals surface area contributed by atoms with Crippen molar-refractivity contribution in [1.29, 1.82) is 0 Å². The second-order valence-electron chi connectivity index (χ2n) is 3.82. The fraction of sp³-hybridized carbons (Fsp3) is 0.444. The number of aromatic nitrogens is 6. The van der Waals surface area contributed by atoms with Crippen molar-refractivity contribution in [2.75, 3.05) is 5.73 Å². The lowest BCUT2D eigenvalue weighted by Crippen LogP contribution is -2.11. The lowest BCUT2D eigenvalue weighted by molar-refractivity contribution is 0.222. The van der Waals surface area contributed by atoms with E-state index in [9.17, 15) is 0 Å². The largest absolute Gasteiger partial charge is 0.461 e. The van der Waals surface area contributed by atoms with Crippen LogP contribution in [0.2, 0.25) is 0 Å². The molecule has 0 saturated heterocycles. The number of nitrogens with two attached hydrogens (primary N) is 1. The first-order valence-corrected chi connectivity index (χ1v) is 6.00. The molecule has 8 nitrogen and oxygen atoms in total. The average Bonchev–Trinajstić information content (AvgIpc) is 2.56. The Bertz CT molecular complexity index is 549. The first-order valence-electron chi connectivity index (χ1n) is 5.21. The summed E-state index contributed by atoms with van der Waals surface area (Å²) >= 11 is 3.28. The maximum absolute atomic E-state index is 5.63. The molecule has 0 amide bonds. The van der Waals surface area contributed by atoms with Crippen molar-refractivity contribution in [1.82, 2.24) is 29.9 Å². The summed E-state index contributed by atoms with van der Waals surface area (Å²) in [5, 5.41) is 7.71. The summed E-state index contributed by atoms with van der Waals surface area (Å²) in [4.78, 5) is 12.1. The molecule has 2 rings (SSSR count). The number of anilines is 1. The van der Waals surface area contributed by atoms with Gasteiger partial charge in [-0.1, -0.05) is 5.21 Å². The van der Waals surface area contributed by atoms with Crippen LogP contribution in [-0.4, -0.2) is 36.0 Å². The van der Waals surface area contributed by atoms with Crippen LogP contribution in [0.4, 0.5) is 5.95 Å². The van der Waals surface area contributed by atoms with E-state index in [0.29, 0.717) is 16.1 Å². The van der Waals surface area contributed by atoms with Crippen LogP contribution in [0.5, 0.6) is 6.01 Å². The van der Waals surface area contributed by atoms with Gasteiger partial charge < -0.3 is 10.5 Å². The molecule has 0 atom stereocenters. The summed E-state index contributed by atoms with van der Waals surface area (Å²) in [5.41, 5.74) is 6.24. The van der Waals surface area contributed by atoms with Gasteiger partial charge in [0.2, 0.25) is 5.95 Å². The fourth-order valence-corrected chi connectivity index (χ4v) is 1.82. The molecule has 2 aromatic rings. The molecule has 2 aromatic heterocycles. The highest BCUT2D eigenvalue weighted by molar-refractivity contribution is 9.10. The standard InChI is InChI=1S/C9H12BrN7O/c1-4(2)18-9-13-7(12-8(11)14-9)5-6(10)15-16-17(5)3/h4H,1-3H3,(H2,11,12,13,14). The van der Waals surface area contributed by atoms with Crippen LogP contribution in [0, 0.1) is 0 Å². The number of hydrogen-bond acceptors (Lipinski definition) is 7. The van der Waals surface area contributed by atoms with Crippen molar-refractivity contribution in [2.24, 2.45) is 7.05 Å². The summed E-state index contributed by atoms with van der Waals surface area (Å²) in [6.07, 6.45) is -0.0484. The zero-order valence-corrected chi connectivity index (χ0v) is 11.7. The highest BCUT2D eigenvalue weighted by Crippen LogP contribution is 2.23. The van der Waals surface area contributed by atoms with E-state index in [0.717, 1.165) is 0 Å². The van der Waals surface area contributed by atoms with Crippen LogP contribution in [-0.2, 0) is 7.05 Å². The first-order chi connectivity index (χ1) is 8.47.